The Morgan fingerprint density at radius 2 is 1.83 bits per heavy atom. The van der Waals surface area contributed by atoms with E-state index in [0.29, 0.717) is 38.0 Å². The second-order valence-electron chi connectivity index (χ2n) is 9.89. The summed E-state index contributed by atoms with van der Waals surface area (Å²) in [4.78, 5) is 20.3. The number of carbonyl (C=O) groups excluding carboxylic acids is 1. The normalized spacial score (nSPS) is 18.3. The van der Waals surface area contributed by atoms with Crippen LogP contribution in [-0.2, 0) is 23.9 Å². The number of alkyl halides is 3. The molecule has 1 N–H and O–H groups in total. The van der Waals surface area contributed by atoms with Crippen molar-refractivity contribution in [1.29, 1.82) is 0 Å². The zero-order valence-corrected chi connectivity index (χ0v) is 19.7. The third-order valence-corrected chi connectivity index (χ3v) is 7.75. The maximum absolute atomic E-state index is 13.7. The van der Waals surface area contributed by atoms with Gasteiger partial charge in [0.25, 0.3) is 0 Å². The average Bonchev–Trinajstić information content (AvgIpc) is 2.87. The van der Waals surface area contributed by atoms with Crippen LogP contribution in [0.4, 0.5) is 18.9 Å². The van der Waals surface area contributed by atoms with E-state index in [2.05, 4.69) is 15.2 Å². The van der Waals surface area contributed by atoms with Gasteiger partial charge in [-0.05, 0) is 61.6 Å². The van der Waals surface area contributed by atoms with Gasteiger partial charge in [-0.15, -0.1) is 0 Å². The number of fused-ring (bicyclic) bond motifs is 2. The van der Waals surface area contributed by atoms with E-state index in [4.69, 9.17) is 0 Å². The lowest BCUT2D eigenvalue weighted by Gasteiger charge is -2.38. The molecule has 184 valence electrons. The lowest BCUT2D eigenvalue weighted by atomic mass is 9.71. The molecule has 2 heterocycles. The summed E-state index contributed by atoms with van der Waals surface area (Å²) in [5, 5.41) is 4.12. The number of aromatic nitrogens is 1. The number of nitrogens with zero attached hydrogens (tertiary/aromatic N) is 2. The van der Waals surface area contributed by atoms with E-state index < -0.39 is 17.2 Å². The third-order valence-electron chi connectivity index (χ3n) is 7.75. The molecule has 1 aliphatic heterocycles. The molecule has 0 spiro atoms. The van der Waals surface area contributed by atoms with Crippen LogP contribution in [0.2, 0.25) is 0 Å². The number of amides is 1. The van der Waals surface area contributed by atoms with E-state index in [1.807, 2.05) is 30.3 Å². The molecule has 7 heteroatoms. The van der Waals surface area contributed by atoms with Gasteiger partial charge in [0.15, 0.2) is 0 Å². The molecule has 1 amide bonds. The van der Waals surface area contributed by atoms with Crippen molar-refractivity contribution in [1.82, 2.24) is 9.88 Å². The molecule has 4 nitrogen and oxygen atoms in total. The van der Waals surface area contributed by atoms with Crippen LogP contribution in [0, 0.1) is 5.41 Å². The highest BCUT2D eigenvalue weighted by Gasteiger charge is 2.40. The Kier molecular flexibility index (Phi) is 6.53. The summed E-state index contributed by atoms with van der Waals surface area (Å²) in [5.41, 5.74) is 1.81. The number of hydrogen-bond acceptors (Lipinski definition) is 3. The molecular formula is C28H30F3N3O. The molecule has 0 unspecified atom stereocenters. The standard InChI is InChI=1S/C28H30F3N3O/c29-28(30,31)23-9-6-7-20-19-34(17-12-21(20)23)18-15-27(13-4-1-5-14-27)26(35)33-25-11-16-32-24-10-3-2-8-22(24)25/h2-3,6-11,16H,1,4-5,12-15,17-19H2,(H,32,33,35). The zero-order chi connectivity index (χ0) is 24.5. The van der Waals surface area contributed by atoms with Gasteiger partial charge in [0.2, 0.25) is 5.91 Å². The molecule has 0 bridgehead atoms. The SMILES string of the molecule is O=C(Nc1ccnc2ccccc12)C1(CCN2CCc3c(cccc3C(F)(F)F)C2)CCCCC1. The molecule has 1 saturated carbocycles. The van der Waals surface area contributed by atoms with E-state index >= 15 is 0 Å². The number of para-hydroxylation sites is 1. The summed E-state index contributed by atoms with van der Waals surface area (Å²) < 4.78 is 40.3. The minimum Gasteiger partial charge on any atom is -0.325 e. The first kappa shape index (κ1) is 23.8. The molecule has 35 heavy (non-hydrogen) atoms. The molecule has 1 aromatic heterocycles. The maximum atomic E-state index is 13.7. The van der Waals surface area contributed by atoms with Crippen LogP contribution < -0.4 is 5.32 Å². The fourth-order valence-corrected chi connectivity index (χ4v) is 5.78. The first-order valence-corrected chi connectivity index (χ1v) is 12.4. The van der Waals surface area contributed by atoms with Gasteiger partial charge in [0, 0.05) is 24.7 Å². The molecule has 0 radical (unpaired) electrons. The molecule has 1 fully saturated rings. The zero-order valence-electron chi connectivity index (χ0n) is 19.7. The number of carbonyl (C=O) groups is 1. The largest absolute Gasteiger partial charge is 0.416 e. The van der Waals surface area contributed by atoms with Crippen molar-refractivity contribution in [3.8, 4) is 0 Å². The molecule has 3 aromatic rings. The van der Waals surface area contributed by atoms with Gasteiger partial charge in [-0.3, -0.25) is 14.7 Å². The lowest BCUT2D eigenvalue weighted by Crippen LogP contribution is -2.42. The second-order valence-corrected chi connectivity index (χ2v) is 9.89. The Labute approximate surface area is 203 Å². The van der Waals surface area contributed by atoms with Crippen LogP contribution >= 0.6 is 0 Å². The Hall–Kier alpha value is -2.93. The van der Waals surface area contributed by atoms with Crippen molar-refractivity contribution in [3.63, 3.8) is 0 Å². The monoisotopic (exact) mass is 481 g/mol. The van der Waals surface area contributed by atoms with Crippen LogP contribution in [-0.4, -0.2) is 28.9 Å². The molecule has 5 rings (SSSR count). The van der Waals surface area contributed by atoms with Crippen molar-refractivity contribution in [2.45, 2.75) is 57.7 Å². The number of halogens is 3. The Balaban J connectivity index is 1.31. The van der Waals surface area contributed by atoms with Crippen molar-refractivity contribution < 1.29 is 18.0 Å². The van der Waals surface area contributed by atoms with Crippen molar-refractivity contribution >= 4 is 22.5 Å². The number of hydrogen-bond donors (Lipinski definition) is 1. The van der Waals surface area contributed by atoms with Crippen LogP contribution in [0.3, 0.4) is 0 Å². The van der Waals surface area contributed by atoms with Gasteiger partial charge < -0.3 is 5.32 Å². The summed E-state index contributed by atoms with van der Waals surface area (Å²) in [6.07, 6.45) is 3.31. The Bertz CT molecular complexity index is 1210. The highest BCUT2D eigenvalue weighted by molar-refractivity contribution is 6.03. The quantitative estimate of drug-likeness (QED) is 0.447. The topological polar surface area (TPSA) is 45.2 Å². The van der Waals surface area contributed by atoms with Gasteiger partial charge in [-0.1, -0.05) is 49.6 Å². The average molecular weight is 482 g/mol. The van der Waals surface area contributed by atoms with Crippen molar-refractivity contribution in [3.05, 3.63) is 71.4 Å². The molecule has 2 aromatic carbocycles. The summed E-state index contributed by atoms with van der Waals surface area (Å²) >= 11 is 0. The second kappa shape index (κ2) is 9.61. The highest BCUT2D eigenvalue weighted by Crippen LogP contribution is 2.42. The smallest absolute Gasteiger partial charge is 0.325 e. The van der Waals surface area contributed by atoms with Gasteiger partial charge in [0.1, 0.15) is 0 Å². The number of benzene rings is 2. The lowest BCUT2D eigenvalue weighted by molar-refractivity contribution is -0.138. The van der Waals surface area contributed by atoms with Gasteiger partial charge >= 0.3 is 6.18 Å². The molecule has 0 atom stereocenters. The first-order valence-electron chi connectivity index (χ1n) is 12.4. The van der Waals surface area contributed by atoms with Crippen LogP contribution in [0.5, 0.6) is 0 Å². The minimum absolute atomic E-state index is 0.0466. The summed E-state index contributed by atoms with van der Waals surface area (Å²) in [6.45, 7) is 1.76. The number of nitrogens with one attached hydrogen (secondary N) is 1. The number of anilines is 1. The Morgan fingerprint density at radius 1 is 1.03 bits per heavy atom. The Morgan fingerprint density at radius 3 is 2.63 bits per heavy atom. The fraction of sp³-hybridized carbons (Fsp3) is 0.429. The van der Waals surface area contributed by atoms with E-state index in [1.165, 1.54) is 12.1 Å². The number of rotatable bonds is 5. The minimum atomic E-state index is -4.32. The van der Waals surface area contributed by atoms with Crippen LogP contribution in [0.15, 0.2) is 54.7 Å². The predicted octanol–water partition coefficient (Wildman–Crippen LogP) is 6.59. The fourth-order valence-electron chi connectivity index (χ4n) is 5.78. The van der Waals surface area contributed by atoms with E-state index in [-0.39, 0.29) is 5.91 Å². The number of pyridine rings is 1. The third kappa shape index (κ3) is 4.92. The highest BCUT2D eigenvalue weighted by atomic mass is 19.4. The summed E-state index contributed by atoms with van der Waals surface area (Å²) in [5.74, 6) is 0.0466. The van der Waals surface area contributed by atoms with Gasteiger partial charge in [-0.25, -0.2) is 0 Å². The van der Waals surface area contributed by atoms with Gasteiger partial charge in [0.05, 0.1) is 22.2 Å². The molecule has 2 aliphatic rings. The molecule has 1 aliphatic carbocycles. The van der Waals surface area contributed by atoms with Crippen molar-refractivity contribution in [2.24, 2.45) is 5.41 Å². The maximum Gasteiger partial charge on any atom is 0.416 e. The van der Waals surface area contributed by atoms with Crippen LogP contribution in [0.25, 0.3) is 10.9 Å². The summed E-state index contributed by atoms with van der Waals surface area (Å²) in [7, 11) is 0. The molecule has 0 saturated heterocycles. The molecular weight excluding hydrogens is 451 g/mol. The summed E-state index contributed by atoms with van der Waals surface area (Å²) in [6, 6.07) is 14.1. The van der Waals surface area contributed by atoms with Crippen LogP contribution in [0.1, 0.15) is 55.2 Å². The van der Waals surface area contributed by atoms with Crippen molar-refractivity contribution in [2.75, 3.05) is 18.4 Å². The first-order chi connectivity index (χ1) is 16.9. The predicted molar refractivity (Wildman–Crippen MR) is 131 cm³/mol. The van der Waals surface area contributed by atoms with E-state index in [0.717, 1.165) is 54.3 Å². The van der Waals surface area contributed by atoms with Gasteiger partial charge in [-0.2, -0.15) is 13.2 Å². The van der Waals surface area contributed by atoms with E-state index in [9.17, 15) is 18.0 Å². The van der Waals surface area contributed by atoms with E-state index in [1.54, 1.807) is 12.3 Å².